The highest BCUT2D eigenvalue weighted by molar-refractivity contribution is 6.36. The summed E-state index contributed by atoms with van der Waals surface area (Å²) in [7, 11) is 0. The third-order valence-corrected chi connectivity index (χ3v) is 5.58. The van der Waals surface area contributed by atoms with Crippen molar-refractivity contribution in [1.82, 2.24) is 4.98 Å². The van der Waals surface area contributed by atoms with Gasteiger partial charge in [0.2, 0.25) is 11.7 Å². The van der Waals surface area contributed by atoms with Gasteiger partial charge in [0.1, 0.15) is 11.9 Å². The average Bonchev–Trinajstić information content (AvgIpc) is 3.17. The quantitative estimate of drug-likeness (QED) is 0.369. The molecule has 1 amide bonds. The van der Waals surface area contributed by atoms with Gasteiger partial charge in [-0.3, -0.25) is 4.79 Å². The SMILES string of the molecule is C[C@@H](Oc1c(N)ncc2c(-c3ccc(C(N)=O)cc3)coc12)c1c(Cl)ccc(F)c1Cl. The van der Waals surface area contributed by atoms with E-state index in [4.69, 9.17) is 43.8 Å². The Morgan fingerprint density at radius 3 is 2.58 bits per heavy atom. The number of amides is 1. The summed E-state index contributed by atoms with van der Waals surface area (Å²) in [5.74, 6) is -0.854. The van der Waals surface area contributed by atoms with E-state index in [2.05, 4.69) is 4.98 Å². The van der Waals surface area contributed by atoms with E-state index in [1.54, 1.807) is 37.4 Å². The fourth-order valence-corrected chi connectivity index (χ4v) is 3.96. The van der Waals surface area contributed by atoms with E-state index in [9.17, 15) is 9.18 Å². The molecule has 4 aromatic rings. The zero-order valence-corrected chi connectivity index (χ0v) is 17.7. The van der Waals surface area contributed by atoms with Gasteiger partial charge in [-0.15, -0.1) is 0 Å². The van der Waals surface area contributed by atoms with E-state index in [0.717, 1.165) is 11.1 Å². The van der Waals surface area contributed by atoms with Crippen LogP contribution in [0.4, 0.5) is 10.2 Å². The highest BCUT2D eigenvalue weighted by Gasteiger charge is 2.23. The number of nitrogen functional groups attached to an aromatic ring is 1. The lowest BCUT2D eigenvalue weighted by atomic mass is 10.0. The van der Waals surface area contributed by atoms with Crippen LogP contribution in [0.3, 0.4) is 0 Å². The molecule has 2 heterocycles. The van der Waals surface area contributed by atoms with Crippen LogP contribution < -0.4 is 16.2 Å². The maximum atomic E-state index is 13.9. The first-order chi connectivity index (χ1) is 14.8. The second kappa shape index (κ2) is 8.09. The van der Waals surface area contributed by atoms with Crippen LogP contribution in [0, 0.1) is 5.82 Å². The van der Waals surface area contributed by atoms with Gasteiger partial charge in [0, 0.05) is 27.9 Å². The van der Waals surface area contributed by atoms with E-state index >= 15 is 0 Å². The molecule has 0 radical (unpaired) electrons. The number of fused-ring (bicyclic) bond motifs is 1. The number of carbonyl (C=O) groups excluding carboxylic acids is 1. The summed E-state index contributed by atoms with van der Waals surface area (Å²) >= 11 is 12.3. The number of furan rings is 1. The third-order valence-electron chi connectivity index (χ3n) is 4.86. The van der Waals surface area contributed by atoms with Gasteiger partial charge in [0.25, 0.3) is 0 Å². The molecular weight excluding hydrogens is 444 g/mol. The van der Waals surface area contributed by atoms with Gasteiger partial charge in [0.15, 0.2) is 11.4 Å². The molecule has 2 aromatic heterocycles. The zero-order chi connectivity index (χ0) is 22.3. The van der Waals surface area contributed by atoms with Crippen molar-refractivity contribution in [3.05, 3.63) is 75.8 Å². The summed E-state index contributed by atoms with van der Waals surface area (Å²) in [5.41, 5.74) is 13.9. The number of hydrogen-bond acceptors (Lipinski definition) is 5. The molecule has 2 aromatic carbocycles. The Bertz CT molecular complexity index is 1310. The number of hydrogen-bond donors (Lipinski definition) is 2. The number of anilines is 1. The molecule has 0 unspecified atom stereocenters. The van der Waals surface area contributed by atoms with Crippen molar-refractivity contribution in [2.24, 2.45) is 5.73 Å². The van der Waals surface area contributed by atoms with Crippen molar-refractivity contribution in [2.75, 3.05) is 5.73 Å². The first-order valence-corrected chi connectivity index (χ1v) is 9.89. The molecule has 0 saturated carbocycles. The number of carbonyl (C=O) groups is 1. The maximum absolute atomic E-state index is 13.9. The smallest absolute Gasteiger partial charge is 0.248 e. The van der Waals surface area contributed by atoms with Crippen LogP contribution >= 0.6 is 23.2 Å². The number of rotatable bonds is 5. The van der Waals surface area contributed by atoms with Gasteiger partial charge >= 0.3 is 0 Å². The summed E-state index contributed by atoms with van der Waals surface area (Å²) in [4.78, 5) is 15.5. The second-order valence-corrected chi connectivity index (χ2v) is 7.61. The van der Waals surface area contributed by atoms with Gasteiger partial charge in [-0.05, 0) is 36.8 Å². The third kappa shape index (κ3) is 3.78. The molecule has 0 aliphatic rings. The Balaban J connectivity index is 1.75. The predicted octanol–water partition coefficient (Wildman–Crippen LogP) is 5.76. The molecule has 4 rings (SSSR count). The standard InChI is InChI=1S/C22H16Cl2FN3O3/c1-10(17-15(23)6-7-16(25)18(17)24)31-20-19-13(8-28-21(20)26)14(9-30-19)11-2-4-12(5-3-11)22(27)29/h2-10H,1H3,(H2,26,28)(H2,27,29)/t10-/m1/s1. The molecule has 4 N–H and O–H groups in total. The largest absolute Gasteiger partial charge is 0.478 e. The molecule has 9 heteroatoms. The molecule has 0 saturated heterocycles. The first-order valence-electron chi connectivity index (χ1n) is 9.14. The van der Waals surface area contributed by atoms with Crippen LogP contribution in [0.5, 0.6) is 5.75 Å². The van der Waals surface area contributed by atoms with Gasteiger partial charge in [-0.1, -0.05) is 35.3 Å². The van der Waals surface area contributed by atoms with Crippen molar-refractivity contribution < 1.29 is 18.3 Å². The van der Waals surface area contributed by atoms with Crippen molar-refractivity contribution in [3.8, 4) is 16.9 Å². The number of primary amides is 1. The monoisotopic (exact) mass is 459 g/mol. The highest BCUT2D eigenvalue weighted by Crippen LogP contribution is 2.41. The minimum Gasteiger partial charge on any atom is -0.478 e. The van der Waals surface area contributed by atoms with E-state index in [0.29, 0.717) is 16.5 Å². The molecular formula is C22H16Cl2FN3O3. The Labute approximate surface area is 186 Å². The minimum absolute atomic E-state index is 0.0907. The van der Waals surface area contributed by atoms with Crippen molar-refractivity contribution in [1.29, 1.82) is 0 Å². The minimum atomic E-state index is -0.742. The normalized spacial score (nSPS) is 12.1. The highest BCUT2D eigenvalue weighted by atomic mass is 35.5. The number of pyridine rings is 1. The topological polar surface area (TPSA) is 104 Å². The van der Waals surface area contributed by atoms with E-state index in [-0.39, 0.29) is 27.2 Å². The Kier molecular flexibility index (Phi) is 5.47. The van der Waals surface area contributed by atoms with Crippen LogP contribution in [0.15, 0.2) is 53.3 Å². The van der Waals surface area contributed by atoms with Crippen LogP contribution in [-0.2, 0) is 0 Å². The van der Waals surface area contributed by atoms with Crippen LogP contribution in [0.25, 0.3) is 22.1 Å². The molecule has 6 nitrogen and oxygen atoms in total. The molecule has 1 atom stereocenters. The van der Waals surface area contributed by atoms with Crippen molar-refractivity contribution in [3.63, 3.8) is 0 Å². The Morgan fingerprint density at radius 2 is 1.90 bits per heavy atom. The molecule has 31 heavy (non-hydrogen) atoms. The Morgan fingerprint density at radius 1 is 1.19 bits per heavy atom. The predicted molar refractivity (Wildman–Crippen MR) is 118 cm³/mol. The number of halogens is 3. The first kappa shape index (κ1) is 21.0. The van der Waals surface area contributed by atoms with Gasteiger partial charge in [0.05, 0.1) is 16.7 Å². The fourth-order valence-electron chi connectivity index (χ4n) is 3.28. The maximum Gasteiger partial charge on any atom is 0.248 e. The number of benzene rings is 2. The fraction of sp³-hybridized carbons (Fsp3) is 0.0909. The van der Waals surface area contributed by atoms with Gasteiger partial charge in [-0.25, -0.2) is 9.37 Å². The lowest BCUT2D eigenvalue weighted by molar-refractivity contribution is 0.100. The molecule has 0 aliphatic heterocycles. The molecule has 0 fully saturated rings. The number of nitrogens with two attached hydrogens (primary N) is 2. The summed E-state index contributed by atoms with van der Waals surface area (Å²) < 4.78 is 25.6. The van der Waals surface area contributed by atoms with E-state index < -0.39 is 17.8 Å². The lowest BCUT2D eigenvalue weighted by Gasteiger charge is -2.18. The van der Waals surface area contributed by atoms with Crippen molar-refractivity contribution >= 4 is 45.9 Å². The summed E-state index contributed by atoms with van der Waals surface area (Å²) in [6, 6.07) is 9.32. The van der Waals surface area contributed by atoms with Crippen LogP contribution in [0.2, 0.25) is 10.0 Å². The molecule has 0 bridgehead atoms. The molecule has 0 aliphatic carbocycles. The van der Waals surface area contributed by atoms with Crippen LogP contribution in [0.1, 0.15) is 28.9 Å². The van der Waals surface area contributed by atoms with Crippen LogP contribution in [-0.4, -0.2) is 10.9 Å². The van der Waals surface area contributed by atoms with Crippen molar-refractivity contribution in [2.45, 2.75) is 13.0 Å². The van der Waals surface area contributed by atoms with Gasteiger partial charge < -0.3 is 20.6 Å². The summed E-state index contributed by atoms with van der Waals surface area (Å²) in [6.07, 6.45) is 2.35. The second-order valence-electron chi connectivity index (χ2n) is 6.82. The summed E-state index contributed by atoms with van der Waals surface area (Å²) in [6.45, 7) is 1.66. The number of ether oxygens (including phenoxy) is 1. The number of nitrogens with zero attached hydrogens (tertiary/aromatic N) is 1. The van der Waals surface area contributed by atoms with Gasteiger partial charge in [-0.2, -0.15) is 0 Å². The zero-order valence-electron chi connectivity index (χ0n) is 16.2. The van der Waals surface area contributed by atoms with E-state index in [1.165, 1.54) is 18.4 Å². The van der Waals surface area contributed by atoms with E-state index in [1.807, 2.05) is 0 Å². The lowest BCUT2D eigenvalue weighted by Crippen LogP contribution is -2.10. The number of aromatic nitrogens is 1. The average molecular weight is 460 g/mol. The molecule has 158 valence electrons. The summed E-state index contributed by atoms with van der Waals surface area (Å²) in [5, 5.41) is 0.764. The molecule has 0 spiro atoms. The Hall–Kier alpha value is -3.29.